The van der Waals surface area contributed by atoms with Gasteiger partial charge in [-0.15, -0.1) is 0 Å². The van der Waals surface area contributed by atoms with Gasteiger partial charge in [0.2, 0.25) is 0 Å². The molecule has 112 valence electrons. The summed E-state index contributed by atoms with van der Waals surface area (Å²) in [6.07, 6.45) is 0. The first-order valence-corrected chi connectivity index (χ1v) is 6.42. The predicted molar refractivity (Wildman–Crippen MR) is 76.8 cm³/mol. The lowest BCUT2D eigenvalue weighted by Crippen LogP contribution is -2.53. The lowest BCUT2D eigenvalue weighted by Gasteiger charge is -2.38. The number of aryl methyl sites for hydroxylation is 1. The van der Waals surface area contributed by atoms with Crippen LogP contribution >= 0.6 is 0 Å². The van der Waals surface area contributed by atoms with E-state index in [-0.39, 0.29) is 5.75 Å². The Balaban J connectivity index is 3.10. The molecule has 0 radical (unpaired) electrons. The first-order valence-electron chi connectivity index (χ1n) is 6.42. The lowest BCUT2D eigenvalue weighted by molar-refractivity contribution is -0.0983. The topological polar surface area (TPSA) is 58.9 Å². The third-order valence-corrected chi connectivity index (χ3v) is 3.66. The SMILES string of the molecule is COc1cc(F)c(C)cc1B(O)OC(C)(C)C(C)(C)O. The molecule has 4 nitrogen and oxygen atoms in total. The van der Waals surface area contributed by atoms with Crippen molar-refractivity contribution in [1.82, 2.24) is 0 Å². The zero-order valence-electron chi connectivity index (χ0n) is 12.8. The molecule has 0 amide bonds. The molecule has 2 N–H and O–H groups in total. The quantitative estimate of drug-likeness (QED) is 0.802. The molecule has 0 bridgehead atoms. The summed E-state index contributed by atoms with van der Waals surface area (Å²) in [5.41, 5.74) is -1.45. The van der Waals surface area contributed by atoms with Crippen LogP contribution in [-0.2, 0) is 4.65 Å². The second-order valence-corrected chi connectivity index (χ2v) is 5.88. The van der Waals surface area contributed by atoms with Crippen LogP contribution < -0.4 is 10.2 Å². The van der Waals surface area contributed by atoms with Gasteiger partial charge in [0.05, 0.1) is 18.3 Å². The molecule has 20 heavy (non-hydrogen) atoms. The molecular weight excluding hydrogens is 262 g/mol. The summed E-state index contributed by atoms with van der Waals surface area (Å²) >= 11 is 0. The number of hydrogen-bond donors (Lipinski definition) is 2. The molecule has 0 saturated heterocycles. The molecule has 1 aromatic rings. The number of aliphatic hydroxyl groups is 1. The zero-order chi connectivity index (χ0) is 15.7. The Bertz CT molecular complexity index is 483. The van der Waals surface area contributed by atoms with Crippen molar-refractivity contribution >= 4 is 12.6 Å². The number of ether oxygens (including phenoxy) is 1. The molecule has 0 heterocycles. The summed E-state index contributed by atoms with van der Waals surface area (Å²) < 4.78 is 24.1. The van der Waals surface area contributed by atoms with Gasteiger partial charge < -0.3 is 19.5 Å². The largest absolute Gasteiger partial charge is 0.497 e. The van der Waals surface area contributed by atoms with Crippen molar-refractivity contribution < 1.29 is 23.9 Å². The molecule has 0 fully saturated rings. The van der Waals surface area contributed by atoms with Crippen molar-refractivity contribution in [2.75, 3.05) is 7.11 Å². The maximum absolute atomic E-state index is 13.5. The number of rotatable bonds is 5. The predicted octanol–water partition coefficient (Wildman–Crippen LogP) is 1.40. The zero-order valence-corrected chi connectivity index (χ0v) is 12.8. The van der Waals surface area contributed by atoms with Crippen molar-refractivity contribution in [3.8, 4) is 5.75 Å². The molecule has 0 unspecified atom stereocenters. The van der Waals surface area contributed by atoms with E-state index in [2.05, 4.69) is 0 Å². The van der Waals surface area contributed by atoms with Crippen LogP contribution in [-0.4, -0.2) is 35.6 Å². The molecule has 0 aliphatic heterocycles. The molecule has 0 spiro atoms. The van der Waals surface area contributed by atoms with Crippen molar-refractivity contribution in [1.29, 1.82) is 0 Å². The smallest absolute Gasteiger partial charge is 0.495 e. The average Bonchev–Trinajstić information content (AvgIpc) is 2.29. The number of benzene rings is 1. The Morgan fingerprint density at radius 2 is 1.75 bits per heavy atom. The van der Waals surface area contributed by atoms with Crippen molar-refractivity contribution in [3.63, 3.8) is 0 Å². The number of halogens is 1. The Labute approximate surface area is 119 Å². The summed E-state index contributed by atoms with van der Waals surface area (Å²) in [5.74, 6) is -0.216. The third kappa shape index (κ3) is 3.51. The van der Waals surface area contributed by atoms with Crippen LogP contribution in [0.5, 0.6) is 5.75 Å². The van der Waals surface area contributed by atoms with Gasteiger partial charge in [-0.1, -0.05) is 6.07 Å². The van der Waals surface area contributed by atoms with Crippen LogP contribution in [0.4, 0.5) is 4.39 Å². The van der Waals surface area contributed by atoms with Gasteiger partial charge in [0.1, 0.15) is 11.6 Å². The van der Waals surface area contributed by atoms with Gasteiger partial charge in [-0.3, -0.25) is 0 Å². The van der Waals surface area contributed by atoms with E-state index < -0.39 is 24.1 Å². The maximum atomic E-state index is 13.5. The van der Waals surface area contributed by atoms with E-state index in [1.807, 2.05) is 0 Å². The molecule has 0 saturated carbocycles. The Hall–Kier alpha value is -1.11. The highest BCUT2D eigenvalue weighted by Crippen LogP contribution is 2.26. The summed E-state index contributed by atoms with van der Waals surface area (Å²) in [6.45, 7) is 8.10. The fraction of sp³-hybridized carbons (Fsp3) is 0.571. The summed E-state index contributed by atoms with van der Waals surface area (Å²) in [4.78, 5) is 0. The Morgan fingerprint density at radius 1 is 1.20 bits per heavy atom. The second-order valence-electron chi connectivity index (χ2n) is 5.88. The van der Waals surface area contributed by atoms with E-state index in [0.717, 1.165) is 0 Å². The van der Waals surface area contributed by atoms with E-state index in [0.29, 0.717) is 11.0 Å². The van der Waals surface area contributed by atoms with Gasteiger partial charge in [0, 0.05) is 11.5 Å². The van der Waals surface area contributed by atoms with E-state index in [9.17, 15) is 14.5 Å². The summed E-state index contributed by atoms with van der Waals surface area (Å²) in [5, 5.41) is 20.3. The fourth-order valence-electron chi connectivity index (χ4n) is 1.54. The van der Waals surface area contributed by atoms with E-state index in [1.54, 1.807) is 34.6 Å². The third-order valence-electron chi connectivity index (χ3n) is 3.66. The standard InChI is InChI=1S/C14H22BFO4/c1-9-7-10(12(19-6)8-11(9)16)15(18)20-14(4,5)13(2,3)17/h7-8,17-18H,1-6H3. The highest BCUT2D eigenvalue weighted by Gasteiger charge is 2.40. The van der Waals surface area contributed by atoms with Crippen LogP contribution in [0.25, 0.3) is 0 Å². The van der Waals surface area contributed by atoms with Crippen LogP contribution in [0.3, 0.4) is 0 Å². The van der Waals surface area contributed by atoms with Gasteiger partial charge in [-0.2, -0.15) is 0 Å². The molecule has 1 aromatic carbocycles. The molecule has 0 atom stereocenters. The average molecular weight is 284 g/mol. The maximum Gasteiger partial charge on any atom is 0.495 e. The summed E-state index contributed by atoms with van der Waals surface area (Å²) in [6, 6.07) is 2.67. The van der Waals surface area contributed by atoms with Gasteiger partial charge in [-0.25, -0.2) is 4.39 Å². The number of methoxy groups -OCH3 is 1. The van der Waals surface area contributed by atoms with Crippen molar-refractivity contribution in [2.24, 2.45) is 0 Å². The molecule has 0 aliphatic carbocycles. The van der Waals surface area contributed by atoms with Crippen LogP contribution in [0.1, 0.15) is 33.3 Å². The van der Waals surface area contributed by atoms with Gasteiger partial charge >= 0.3 is 7.12 Å². The Morgan fingerprint density at radius 3 is 2.20 bits per heavy atom. The lowest BCUT2D eigenvalue weighted by atomic mass is 9.75. The highest BCUT2D eigenvalue weighted by atomic mass is 19.1. The minimum absolute atomic E-state index is 0.201. The van der Waals surface area contributed by atoms with Gasteiger partial charge in [-0.05, 0) is 40.2 Å². The number of hydrogen-bond acceptors (Lipinski definition) is 4. The van der Waals surface area contributed by atoms with Crippen LogP contribution in [0.15, 0.2) is 12.1 Å². The van der Waals surface area contributed by atoms with Crippen LogP contribution in [0.2, 0.25) is 0 Å². The minimum atomic E-state index is -1.33. The van der Waals surface area contributed by atoms with Crippen molar-refractivity contribution in [3.05, 3.63) is 23.5 Å². The van der Waals surface area contributed by atoms with Crippen molar-refractivity contribution in [2.45, 2.75) is 45.8 Å². The van der Waals surface area contributed by atoms with E-state index >= 15 is 0 Å². The minimum Gasteiger partial charge on any atom is -0.497 e. The normalized spacial score (nSPS) is 12.4. The molecule has 6 heteroatoms. The van der Waals surface area contributed by atoms with Gasteiger partial charge in [0.25, 0.3) is 0 Å². The first kappa shape index (κ1) is 16.9. The van der Waals surface area contributed by atoms with Gasteiger partial charge in [0.15, 0.2) is 0 Å². The summed E-state index contributed by atoms with van der Waals surface area (Å²) in [7, 11) is 0.0622. The van der Waals surface area contributed by atoms with Crippen LogP contribution in [0, 0.1) is 12.7 Å². The molecule has 1 rings (SSSR count). The first-order chi connectivity index (χ1) is 8.99. The van der Waals surface area contributed by atoms with E-state index in [1.165, 1.54) is 19.2 Å². The fourth-order valence-corrected chi connectivity index (χ4v) is 1.54. The molecule has 0 aliphatic rings. The molecule has 0 aromatic heterocycles. The second kappa shape index (κ2) is 5.72. The monoisotopic (exact) mass is 284 g/mol. The highest BCUT2D eigenvalue weighted by molar-refractivity contribution is 6.61. The molecular formula is C14H22BFO4. The Kier molecular flexibility index (Phi) is 4.84. The van der Waals surface area contributed by atoms with E-state index in [4.69, 9.17) is 9.39 Å².